The van der Waals surface area contributed by atoms with E-state index in [1.54, 1.807) is 125 Å². The molecule has 0 radical (unpaired) electrons. The Labute approximate surface area is 746 Å². The van der Waals surface area contributed by atoms with Crippen LogP contribution in [0.3, 0.4) is 0 Å². The highest BCUT2D eigenvalue weighted by molar-refractivity contribution is 7.08. The van der Waals surface area contributed by atoms with E-state index in [1.807, 2.05) is 164 Å². The number of hydrogen-bond donors (Lipinski definition) is 32. The molecule has 128 heavy (non-hydrogen) atoms. The van der Waals surface area contributed by atoms with Crippen molar-refractivity contribution < 1.29 is 0 Å². The van der Waals surface area contributed by atoms with E-state index in [1.165, 1.54) is 9.80 Å². The normalized spacial score (nSPS) is 11.5. The molecule has 0 saturated heterocycles. The summed E-state index contributed by atoms with van der Waals surface area (Å²) >= 11 is 1.55. The first-order valence-electron chi connectivity index (χ1n) is 37.5. The molecule has 9 aromatic rings. The summed E-state index contributed by atoms with van der Waals surface area (Å²) in [5, 5.41) is 39.2. The lowest BCUT2D eigenvalue weighted by Gasteiger charge is -2.25. The maximum atomic E-state index is 7.79. The minimum Gasteiger partial charge on any atom is -0.370 e. The molecule has 0 saturated carbocycles. The molecule has 0 spiro atoms. The number of aryl methyl sites for hydroxylation is 8. The number of nitrogens with zero attached hydrogens (tertiary/aromatic N) is 21. The van der Waals surface area contributed by atoms with Crippen LogP contribution in [0.5, 0.6) is 0 Å². The largest absolute Gasteiger partial charge is 0.370 e. The van der Waals surface area contributed by atoms with E-state index in [4.69, 9.17) is 125 Å². The molecule has 50 N–H and O–H groups in total. The first-order valence-corrected chi connectivity index (χ1v) is 38.4. The van der Waals surface area contributed by atoms with Crippen LogP contribution >= 0.6 is 11.3 Å². The number of H-pyrrole nitrogens is 8. The lowest BCUT2D eigenvalue weighted by molar-refractivity contribution is 0.615. The van der Waals surface area contributed by atoms with Gasteiger partial charge in [0, 0.05) is 136 Å². The van der Waals surface area contributed by atoms with Gasteiger partial charge in [0.25, 0.3) is 0 Å². The fourth-order valence-electron chi connectivity index (χ4n) is 8.65. The number of hydrogen-bond acceptors (Lipinski definition) is 12. The van der Waals surface area contributed by atoms with E-state index in [0.29, 0.717) is 35.5 Å². The minimum atomic E-state index is -0.157. The highest BCUT2D eigenvalue weighted by atomic mass is 32.1. The van der Waals surface area contributed by atoms with E-state index >= 15 is 0 Å². The second kappa shape index (κ2) is 55.5. The van der Waals surface area contributed by atoms with Crippen LogP contribution in [0.1, 0.15) is 45.6 Å². The zero-order chi connectivity index (χ0) is 97.4. The summed E-state index contributed by atoms with van der Waals surface area (Å²) < 4.78 is 0. The van der Waals surface area contributed by atoms with Gasteiger partial charge in [-0.3, -0.25) is 61.2 Å². The molecule has 0 fully saturated rings. The zero-order valence-corrected chi connectivity index (χ0v) is 76.5. The van der Waals surface area contributed by atoms with Gasteiger partial charge in [0.15, 0.2) is 41.7 Å². The summed E-state index contributed by atoms with van der Waals surface area (Å²) in [5.74, 6) is 8.05. The van der Waals surface area contributed by atoms with E-state index in [0.717, 1.165) is 86.1 Å². The number of nitrogens with two attached hydrogens (primary N) is 18. The van der Waals surface area contributed by atoms with Crippen LogP contribution in [-0.2, 0) is 0 Å². The van der Waals surface area contributed by atoms with Gasteiger partial charge in [-0.1, -0.05) is 0 Å². The molecule has 0 aliphatic heterocycles. The van der Waals surface area contributed by atoms with E-state index in [9.17, 15) is 0 Å². The summed E-state index contributed by atoms with van der Waals surface area (Å²) in [6, 6.07) is 32.1. The number of aromatic amines is 8. The number of nitrogens with one attached hydrogen (secondary N) is 14. The monoisotopic (exact) mass is 1790 g/mol. The first kappa shape index (κ1) is 109. The van der Waals surface area contributed by atoms with Gasteiger partial charge >= 0.3 is 0 Å². The van der Waals surface area contributed by atoms with Crippen molar-refractivity contribution in [3.63, 3.8) is 0 Å². The SMILES string of the molecule is CN(C)C(N)=NC(N)=Nc1ccsc1.CN=C(N)N=C(N)N(C)c1ccc(C)[nH]1.CN=C(N)N=C(N)Nc1ccc(C)[nH]1.CN=C(N=C(N)N)N(C)c1ccc(C)[nH]1.CN=C(N=C(N)N)Nc1ccc(C)[nH]1.Cc1ccc(N(C)C(=N)N(C)C(=N)N)[nH]1.Cc1ccc(N(C)C(=N)N=C(N)N)[nH]1.Cc1ccc(N=C(N)N(C)C(=N)N)[nH]1.Cc1ccc(N=C(N)N=C(N)N)[nH]1. The number of aromatic nitrogens is 8. The molecule has 0 aliphatic carbocycles. The van der Waals surface area contributed by atoms with Gasteiger partial charge in [0.2, 0.25) is 65.6 Å². The number of rotatable bonds is 9. The summed E-state index contributed by atoms with van der Waals surface area (Å²) in [6.07, 6.45) is 0. The molecule has 9 aromatic heterocycles. The predicted molar refractivity (Wildman–Crippen MR) is 532 cm³/mol. The van der Waals surface area contributed by atoms with Crippen LogP contribution in [0.4, 0.5) is 52.2 Å². The van der Waals surface area contributed by atoms with Crippen molar-refractivity contribution in [1.82, 2.24) is 54.6 Å². The lowest BCUT2D eigenvalue weighted by atomic mass is 10.5. The molecule has 696 valence electrons. The second-order valence-corrected chi connectivity index (χ2v) is 27.2. The molecule has 0 bridgehead atoms. The van der Waals surface area contributed by atoms with Gasteiger partial charge in [-0.25, -0.2) is 4.99 Å². The summed E-state index contributed by atoms with van der Waals surface area (Å²) in [4.78, 5) is 89.1. The first-order chi connectivity index (χ1) is 59.9. The quantitative estimate of drug-likeness (QED) is 0.0699. The van der Waals surface area contributed by atoms with Crippen LogP contribution in [0, 0.1) is 77.0 Å². The van der Waals surface area contributed by atoms with Crippen molar-refractivity contribution in [2.45, 2.75) is 55.4 Å². The third-order valence-corrected chi connectivity index (χ3v) is 16.0. The molecule has 0 aromatic carbocycles. The van der Waals surface area contributed by atoms with Crippen LogP contribution in [0.25, 0.3) is 0 Å². The second-order valence-electron chi connectivity index (χ2n) is 26.4. The molecule has 0 amide bonds. The molecular formula is C74H129N53S. The molecule has 0 aliphatic rings. The van der Waals surface area contributed by atoms with E-state index in [2.05, 4.69) is 120 Å². The van der Waals surface area contributed by atoms with E-state index < -0.39 is 0 Å². The zero-order valence-electron chi connectivity index (χ0n) is 75.7. The average molecular weight is 1790 g/mol. The third-order valence-electron chi connectivity index (χ3n) is 15.4. The van der Waals surface area contributed by atoms with Crippen LogP contribution in [-0.4, -0.2) is 246 Å². The van der Waals surface area contributed by atoms with Crippen LogP contribution in [0.15, 0.2) is 184 Å². The maximum absolute atomic E-state index is 7.79. The number of aliphatic imine (C=N–C) groups is 14. The fraction of sp³-hybridized carbons (Fsp3) is 0.270. The average Bonchev–Trinajstić information content (AvgIpc) is 1.61. The van der Waals surface area contributed by atoms with E-state index in [-0.39, 0.29) is 83.4 Å². The Bertz CT molecular complexity index is 5360. The Hall–Kier alpha value is -17.4. The number of thiophene rings is 1. The molecule has 0 atom stereocenters. The molecular weight excluding hydrogens is 1660 g/mol. The lowest BCUT2D eigenvalue weighted by Crippen LogP contribution is -2.45. The number of anilines is 6. The third kappa shape index (κ3) is 43.7. The van der Waals surface area contributed by atoms with Gasteiger partial charge in [-0.05, 0) is 164 Å². The van der Waals surface area contributed by atoms with Crippen molar-refractivity contribution in [1.29, 1.82) is 21.6 Å². The Morgan fingerprint density at radius 2 is 0.711 bits per heavy atom. The Balaban J connectivity index is 0.000000720. The van der Waals surface area contributed by atoms with Crippen molar-refractivity contribution in [2.75, 3.05) is 115 Å². The standard InChI is InChI=1S/3C9H16N6.4C8H14N6.C8H13N5S.C7H12N6/c1-6-4-5-7(13-6)15(3)9(11)14-8(10)12-2;1-6-4-5-7(13-6)14(2)9(12)15(3)8(10)11;1-6-4-5-7(13-6)15(3)9(12-2)14-8(10)11;1-5-3-4-6(12-5)13-8(10)14-7(9)11-2;1-5-3-4-6(12-5)14(2)8(11)13-7(9)10;1-5-3-4-6(12-5)13-8(11)14(2)7(9)10;1-5-3-4-6(12-5)13-8(11-2)14-7(9)10;1-13(2)8(10)12-7(9)11-6-3-4-14-5-6;1-4-2-3-5(11-4)12-7(10)13-6(8)9/h4-5,13H,1-3H3,(H4,10,11,12,14);4-5,12-13H,1-3H3,(H3,10,11);4-5,13H,1-3H3,(H4,10,11,12,14);3-4,12H,1-2H3,(H5,9,10,11,13,14);3-4,12H,1-2H3,(H5,9,10,11,13);3-4,12H,1-2H3,(H3,9,10)(H2,11,13);3-4,12H,1-2H3,(H5,9,10,11,13,14);3-5H,1-2H3,(H4,9,10,11,12);2-3,11H,1H3,(H6,8,9,10,12,13). The van der Waals surface area contributed by atoms with Gasteiger partial charge < -0.3 is 168 Å². The predicted octanol–water partition coefficient (Wildman–Crippen LogP) is 0.720. The smallest absolute Gasteiger partial charge is 0.229 e. The fourth-order valence-corrected chi connectivity index (χ4v) is 9.21. The van der Waals surface area contributed by atoms with Gasteiger partial charge in [-0.2, -0.15) is 56.3 Å². The molecule has 9 rings (SSSR count). The number of guanidine groups is 18. The van der Waals surface area contributed by atoms with Crippen molar-refractivity contribution in [3.8, 4) is 0 Å². The molecule has 9 heterocycles. The van der Waals surface area contributed by atoms with Crippen LogP contribution in [0.2, 0.25) is 0 Å². The Morgan fingerprint density at radius 1 is 0.328 bits per heavy atom. The van der Waals surface area contributed by atoms with Crippen molar-refractivity contribution >= 4 is 171 Å². The maximum Gasteiger partial charge on any atom is 0.229 e. The molecule has 53 nitrogen and oxygen atoms in total. The van der Waals surface area contributed by atoms with Crippen LogP contribution < -0.4 is 133 Å². The topological polar surface area (TPSA) is 910 Å². The Morgan fingerprint density at radius 3 is 1.08 bits per heavy atom. The summed E-state index contributed by atoms with van der Waals surface area (Å²) in [6.45, 7) is 15.5. The minimum absolute atomic E-state index is 0.00755. The summed E-state index contributed by atoms with van der Waals surface area (Å²) in [7, 11) is 20.2. The highest BCUT2D eigenvalue weighted by Gasteiger charge is 2.16. The van der Waals surface area contributed by atoms with Gasteiger partial charge in [0.05, 0.1) is 5.69 Å². The summed E-state index contributed by atoms with van der Waals surface area (Å²) in [5.41, 5.74) is 105. The van der Waals surface area contributed by atoms with Crippen molar-refractivity contribution in [3.05, 3.63) is 159 Å². The van der Waals surface area contributed by atoms with Crippen molar-refractivity contribution in [2.24, 2.45) is 173 Å². The molecule has 0 unspecified atom stereocenters. The molecule has 54 heteroatoms. The van der Waals surface area contributed by atoms with Gasteiger partial charge in [0.1, 0.15) is 46.5 Å². The van der Waals surface area contributed by atoms with Gasteiger partial charge in [-0.15, -0.1) is 0 Å². The Kier molecular flexibility index (Phi) is 47.1. The highest BCUT2D eigenvalue weighted by Crippen LogP contribution is 2.18.